The first-order valence-corrected chi connectivity index (χ1v) is 11.1. The minimum atomic E-state index is -0.506. The van der Waals surface area contributed by atoms with Crippen molar-refractivity contribution in [3.05, 3.63) is 41.6 Å². The first-order valence-electron chi connectivity index (χ1n) is 10.5. The van der Waals surface area contributed by atoms with E-state index in [0.29, 0.717) is 50.7 Å². The topological polar surface area (TPSA) is 76.1 Å². The first-order chi connectivity index (χ1) is 15.9. The zero-order valence-corrected chi connectivity index (χ0v) is 20.4. The van der Waals surface area contributed by atoms with E-state index < -0.39 is 5.97 Å². The summed E-state index contributed by atoms with van der Waals surface area (Å²) in [5.74, 6) is 1.68. The number of methoxy groups -OCH3 is 3. The lowest BCUT2D eigenvalue weighted by Crippen LogP contribution is -2.12. The highest BCUT2D eigenvalue weighted by Crippen LogP contribution is 2.42. The van der Waals surface area contributed by atoms with Gasteiger partial charge in [0.1, 0.15) is 0 Å². The van der Waals surface area contributed by atoms with Gasteiger partial charge in [-0.05, 0) is 44.5 Å². The first kappa shape index (κ1) is 24.5. The Kier molecular flexibility index (Phi) is 7.87. The summed E-state index contributed by atoms with van der Waals surface area (Å²) >= 11 is 6.24. The molecule has 0 aliphatic rings. The number of benzene rings is 2. The van der Waals surface area contributed by atoms with Gasteiger partial charge in [-0.2, -0.15) is 0 Å². The Bertz CT molecular complexity index is 1160. The third kappa shape index (κ3) is 4.93. The molecule has 0 radical (unpaired) electrons. The van der Waals surface area contributed by atoms with Crippen molar-refractivity contribution in [1.29, 1.82) is 0 Å². The van der Waals surface area contributed by atoms with Gasteiger partial charge in [0.2, 0.25) is 0 Å². The highest BCUT2D eigenvalue weighted by atomic mass is 35.5. The van der Waals surface area contributed by atoms with Crippen LogP contribution in [0.4, 0.5) is 0 Å². The van der Waals surface area contributed by atoms with E-state index in [0.717, 1.165) is 5.56 Å². The average Bonchev–Trinajstić information content (AvgIpc) is 2.81. The van der Waals surface area contributed by atoms with Crippen LogP contribution in [0.15, 0.2) is 30.3 Å². The lowest BCUT2D eigenvalue weighted by Gasteiger charge is -2.19. The van der Waals surface area contributed by atoms with Crippen LogP contribution in [0.5, 0.6) is 23.0 Å². The van der Waals surface area contributed by atoms with Crippen LogP contribution in [0.25, 0.3) is 22.0 Å². The zero-order valence-electron chi connectivity index (χ0n) is 19.7. The van der Waals surface area contributed by atoms with E-state index in [-0.39, 0.29) is 18.6 Å². The number of carbonyl (C=O) groups excluding carboxylic acids is 1. The largest absolute Gasteiger partial charge is 0.493 e. The number of ether oxygens (including phenoxy) is 5. The molecule has 2 aromatic carbocycles. The number of pyridine rings is 1. The van der Waals surface area contributed by atoms with Crippen LogP contribution >= 0.6 is 11.6 Å². The Balaban J connectivity index is 2.42. The molecule has 0 aliphatic carbocycles. The minimum Gasteiger partial charge on any atom is -0.493 e. The standard InChI is InChI=1S/C25H28ClNO6/c1-7-32-25(28)24-18(13-26)27-17-12-22(31-6)21(30-5)11-16(17)23(24)15-8-9-19(33-14(2)3)20(10-15)29-4/h8-12,14H,7,13H2,1-6H3. The van der Waals surface area contributed by atoms with Gasteiger partial charge in [0.15, 0.2) is 23.0 Å². The van der Waals surface area contributed by atoms with E-state index in [4.69, 9.17) is 35.3 Å². The third-order valence-corrected chi connectivity index (χ3v) is 5.24. The Morgan fingerprint density at radius 1 is 0.970 bits per heavy atom. The van der Waals surface area contributed by atoms with Crippen molar-refractivity contribution in [3.63, 3.8) is 0 Å². The molecule has 7 nitrogen and oxygen atoms in total. The van der Waals surface area contributed by atoms with E-state index in [1.54, 1.807) is 40.4 Å². The van der Waals surface area contributed by atoms with Crippen molar-refractivity contribution < 1.29 is 28.5 Å². The van der Waals surface area contributed by atoms with Crippen molar-refractivity contribution in [2.45, 2.75) is 32.8 Å². The van der Waals surface area contributed by atoms with Gasteiger partial charge in [0.25, 0.3) is 0 Å². The van der Waals surface area contributed by atoms with E-state index in [1.165, 1.54) is 0 Å². The number of rotatable bonds is 9. The van der Waals surface area contributed by atoms with E-state index in [9.17, 15) is 4.79 Å². The molecule has 3 rings (SSSR count). The number of esters is 1. The molecule has 0 bridgehead atoms. The van der Waals surface area contributed by atoms with E-state index in [2.05, 4.69) is 4.98 Å². The molecule has 0 unspecified atom stereocenters. The van der Waals surface area contributed by atoms with Crippen LogP contribution in [-0.2, 0) is 10.6 Å². The van der Waals surface area contributed by atoms with E-state index in [1.807, 2.05) is 32.0 Å². The second kappa shape index (κ2) is 10.6. The van der Waals surface area contributed by atoms with Gasteiger partial charge >= 0.3 is 5.97 Å². The third-order valence-electron chi connectivity index (χ3n) is 4.99. The molecule has 176 valence electrons. The molecule has 1 aromatic heterocycles. The molecule has 0 amide bonds. The monoisotopic (exact) mass is 473 g/mol. The molecular weight excluding hydrogens is 446 g/mol. The maximum atomic E-state index is 13.1. The van der Waals surface area contributed by atoms with Crippen molar-refractivity contribution in [1.82, 2.24) is 4.98 Å². The predicted molar refractivity (Wildman–Crippen MR) is 128 cm³/mol. The van der Waals surface area contributed by atoms with Crippen molar-refractivity contribution in [2.24, 2.45) is 0 Å². The lowest BCUT2D eigenvalue weighted by molar-refractivity contribution is 0.0526. The fraction of sp³-hybridized carbons (Fsp3) is 0.360. The number of hydrogen-bond donors (Lipinski definition) is 0. The molecule has 0 atom stereocenters. The normalized spacial score (nSPS) is 10.9. The molecule has 0 aliphatic heterocycles. The second-order valence-electron chi connectivity index (χ2n) is 7.42. The molecule has 0 saturated carbocycles. The van der Waals surface area contributed by atoms with Crippen LogP contribution in [0.3, 0.4) is 0 Å². The molecule has 0 fully saturated rings. The van der Waals surface area contributed by atoms with Crippen molar-refractivity contribution in [3.8, 4) is 34.1 Å². The second-order valence-corrected chi connectivity index (χ2v) is 7.69. The summed E-state index contributed by atoms with van der Waals surface area (Å²) < 4.78 is 27.8. The number of hydrogen-bond acceptors (Lipinski definition) is 7. The lowest BCUT2D eigenvalue weighted by atomic mass is 9.93. The maximum absolute atomic E-state index is 13.1. The van der Waals surface area contributed by atoms with Gasteiger partial charge in [-0.25, -0.2) is 4.79 Å². The summed E-state index contributed by atoms with van der Waals surface area (Å²) in [6.45, 7) is 5.85. The zero-order chi connectivity index (χ0) is 24.1. The molecule has 0 N–H and O–H groups in total. The van der Waals surface area contributed by atoms with Crippen LogP contribution in [0.2, 0.25) is 0 Å². The average molecular weight is 474 g/mol. The molecule has 1 heterocycles. The summed E-state index contributed by atoms with van der Waals surface area (Å²) in [7, 11) is 4.68. The summed E-state index contributed by atoms with van der Waals surface area (Å²) in [4.78, 5) is 17.7. The SMILES string of the molecule is CCOC(=O)c1c(CCl)nc2cc(OC)c(OC)cc2c1-c1ccc(OC(C)C)c(OC)c1. The van der Waals surface area contributed by atoms with Gasteiger partial charge in [-0.1, -0.05) is 6.07 Å². The summed E-state index contributed by atoms with van der Waals surface area (Å²) in [6, 6.07) is 9.06. The summed E-state index contributed by atoms with van der Waals surface area (Å²) in [5, 5.41) is 0.684. The van der Waals surface area contributed by atoms with Crippen LogP contribution < -0.4 is 18.9 Å². The summed E-state index contributed by atoms with van der Waals surface area (Å²) in [5.41, 5.74) is 2.65. The highest BCUT2D eigenvalue weighted by molar-refractivity contribution is 6.18. The van der Waals surface area contributed by atoms with Gasteiger partial charge < -0.3 is 23.7 Å². The fourth-order valence-electron chi connectivity index (χ4n) is 3.64. The fourth-order valence-corrected chi connectivity index (χ4v) is 3.83. The molecular formula is C25H28ClNO6. The number of fused-ring (bicyclic) bond motifs is 1. The number of nitrogens with zero attached hydrogens (tertiary/aromatic N) is 1. The Morgan fingerprint density at radius 2 is 1.61 bits per heavy atom. The molecule has 0 saturated heterocycles. The number of aromatic nitrogens is 1. The van der Waals surface area contributed by atoms with Gasteiger partial charge in [0.05, 0.1) is 56.7 Å². The molecule has 33 heavy (non-hydrogen) atoms. The maximum Gasteiger partial charge on any atom is 0.340 e. The van der Waals surface area contributed by atoms with Gasteiger partial charge in [0, 0.05) is 17.0 Å². The predicted octanol–water partition coefficient (Wildman–Crippen LogP) is 5.63. The Hall–Kier alpha value is -3.19. The Labute approximate surface area is 198 Å². The summed E-state index contributed by atoms with van der Waals surface area (Å²) in [6.07, 6.45) is -0.0267. The molecule has 8 heteroatoms. The Morgan fingerprint density at radius 3 is 2.18 bits per heavy atom. The highest BCUT2D eigenvalue weighted by Gasteiger charge is 2.25. The number of halogens is 1. The molecule has 0 spiro atoms. The van der Waals surface area contributed by atoms with E-state index >= 15 is 0 Å². The van der Waals surface area contributed by atoms with Crippen LogP contribution in [0.1, 0.15) is 36.8 Å². The smallest absolute Gasteiger partial charge is 0.340 e. The quantitative estimate of drug-likeness (QED) is 0.294. The number of carbonyl (C=O) groups is 1. The molecule has 3 aromatic rings. The van der Waals surface area contributed by atoms with Crippen molar-refractivity contribution >= 4 is 28.5 Å². The van der Waals surface area contributed by atoms with Crippen molar-refractivity contribution in [2.75, 3.05) is 27.9 Å². The van der Waals surface area contributed by atoms with Gasteiger partial charge in [-0.3, -0.25) is 4.98 Å². The van der Waals surface area contributed by atoms with Gasteiger partial charge in [-0.15, -0.1) is 11.6 Å². The van der Waals surface area contributed by atoms with Crippen LogP contribution in [-0.4, -0.2) is 45.0 Å². The minimum absolute atomic E-state index is 0.0249. The number of alkyl halides is 1. The van der Waals surface area contributed by atoms with Crippen LogP contribution in [0, 0.1) is 0 Å².